The number of hydrogen-bond acceptors (Lipinski definition) is 3. The Labute approximate surface area is 135 Å². The number of carbonyl (C=O) groups excluding carboxylic acids is 1. The van der Waals surface area contributed by atoms with Crippen LogP contribution in [0.15, 0.2) is 18.2 Å². The molecule has 116 valence electrons. The molecular formula is C15H21Cl2N3O. The smallest absolute Gasteiger partial charge is 0.238 e. The van der Waals surface area contributed by atoms with Gasteiger partial charge in [-0.1, -0.05) is 29.3 Å². The summed E-state index contributed by atoms with van der Waals surface area (Å²) in [7, 11) is 0. The highest BCUT2D eigenvalue weighted by Crippen LogP contribution is 2.29. The molecule has 2 atom stereocenters. The third-order valence-corrected chi connectivity index (χ3v) is 4.70. The molecule has 1 aromatic rings. The predicted molar refractivity (Wildman–Crippen MR) is 87.9 cm³/mol. The Morgan fingerprint density at radius 3 is 3.00 bits per heavy atom. The van der Waals surface area contributed by atoms with Gasteiger partial charge in [-0.05, 0) is 44.4 Å². The third kappa shape index (κ3) is 4.58. The lowest BCUT2D eigenvalue weighted by atomic mass is 9.92. The van der Waals surface area contributed by atoms with Gasteiger partial charge in [0.15, 0.2) is 0 Å². The summed E-state index contributed by atoms with van der Waals surface area (Å²) in [6.45, 7) is 4.18. The van der Waals surface area contributed by atoms with Gasteiger partial charge in [-0.2, -0.15) is 0 Å². The number of nitrogens with two attached hydrogens (primary N) is 1. The summed E-state index contributed by atoms with van der Waals surface area (Å²) in [5.41, 5.74) is 6.51. The van der Waals surface area contributed by atoms with Crippen LogP contribution in [-0.4, -0.2) is 36.5 Å². The van der Waals surface area contributed by atoms with Crippen molar-refractivity contribution in [2.24, 2.45) is 11.7 Å². The molecule has 0 saturated carbocycles. The number of benzene rings is 1. The monoisotopic (exact) mass is 329 g/mol. The lowest BCUT2D eigenvalue weighted by Crippen LogP contribution is -2.45. The summed E-state index contributed by atoms with van der Waals surface area (Å²) in [5.74, 6) is 0.380. The van der Waals surface area contributed by atoms with Gasteiger partial charge in [0, 0.05) is 12.6 Å². The number of nitrogens with one attached hydrogen (secondary N) is 1. The molecule has 0 spiro atoms. The van der Waals surface area contributed by atoms with Crippen molar-refractivity contribution in [3.63, 3.8) is 0 Å². The van der Waals surface area contributed by atoms with E-state index in [4.69, 9.17) is 28.9 Å². The van der Waals surface area contributed by atoms with E-state index < -0.39 is 0 Å². The third-order valence-electron chi connectivity index (χ3n) is 3.88. The van der Waals surface area contributed by atoms with Crippen LogP contribution in [0.5, 0.6) is 0 Å². The molecule has 0 aliphatic carbocycles. The SMILES string of the molecule is CC(N)C1CCCN(CC(=O)Nc2cccc(Cl)c2Cl)C1. The number of rotatable bonds is 4. The summed E-state index contributed by atoms with van der Waals surface area (Å²) >= 11 is 12.0. The van der Waals surface area contributed by atoms with Crippen LogP contribution in [0.25, 0.3) is 0 Å². The average Bonchev–Trinajstić information content (AvgIpc) is 2.44. The van der Waals surface area contributed by atoms with Crippen molar-refractivity contribution in [1.82, 2.24) is 4.90 Å². The fourth-order valence-electron chi connectivity index (χ4n) is 2.66. The van der Waals surface area contributed by atoms with E-state index >= 15 is 0 Å². The van der Waals surface area contributed by atoms with Crippen molar-refractivity contribution in [3.8, 4) is 0 Å². The Balaban J connectivity index is 1.91. The van der Waals surface area contributed by atoms with Gasteiger partial charge in [-0.15, -0.1) is 0 Å². The summed E-state index contributed by atoms with van der Waals surface area (Å²) in [4.78, 5) is 14.3. The first-order valence-electron chi connectivity index (χ1n) is 7.19. The minimum Gasteiger partial charge on any atom is -0.328 e. The Kier molecular flexibility index (Phi) is 5.88. The molecule has 2 rings (SSSR count). The molecule has 4 nitrogen and oxygen atoms in total. The molecular weight excluding hydrogens is 309 g/mol. The zero-order valence-corrected chi connectivity index (χ0v) is 13.6. The Morgan fingerprint density at radius 2 is 2.29 bits per heavy atom. The molecule has 3 N–H and O–H groups in total. The van der Waals surface area contributed by atoms with E-state index in [-0.39, 0.29) is 11.9 Å². The molecule has 6 heteroatoms. The number of nitrogens with zero attached hydrogens (tertiary/aromatic N) is 1. The van der Waals surface area contributed by atoms with Gasteiger partial charge in [0.2, 0.25) is 5.91 Å². The number of amides is 1. The summed E-state index contributed by atoms with van der Waals surface area (Å²) in [6, 6.07) is 5.36. The second-order valence-electron chi connectivity index (χ2n) is 5.65. The maximum Gasteiger partial charge on any atom is 0.238 e. The van der Waals surface area contributed by atoms with Crippen molar-refractivity contribution in [2.45, 2.75) is 25.8 Å². The standard InChI is InChI=1S/C15H21Cl2N3O/c1-10(18)11-4-3-7-20(8-11)9-14(21)19-13-6-2-5-12(16)15(13)17/h2,5-6,10-11H,3-4,7-9,18H2,1H3,(H,19,21). The highest BCUT2D eigenvalue weighted by atomic mass is 35.5. The molecule has 1 saturated heterocycles. The van der Waals surface area contributed by atoms with E-state index in [9.17, 15) is 4.79 Å². The first-order valence-corrected chi connectivity index (χ1v) is 7.94. The molecule has 0 aromatic heterocycles. The van der Waals surface area contributed by atoms with Crippen LogP contribution >= 0.6 is 23.2 Å². The number of likely N-dealkylation sites (tertiary alicyclic amines) is 1. The number of anilines is 1. The summed E-state index contributed by atoms with van der Waals surface area (Å²) in [6.07, 6.45) is 2.22. The maximum atomic E-state index is 12.1. The largest absolute Gasteiger partial charge is 0.328 e. The van der Waals surface area contributed by atoms with Gasteiger partial charge in [-0.3, -0.25) is 9.69 Å². The van der Waals surface area contributed by atoms with E-state index in [1.807, 2.05) is 6.92 Å². The van der Waals surface area contributed by atoms with E-state index in [0.717, 1.165) is 25.9 Å². The van der Waals surface area contributed by atoms with Gasteiger partial charge in [0.25, 0.3) is 0 Å². The highest BCUT2D eigenvalue weighted by molar-refractivity contribution is 6.43. The first kappa shape index (κ1) is 16.6. The van der Waals surface area contributed by atoms with Crippen LogP contribution in [0, 0.1) is 5.92 Å². The number of piperidine rings is 1. The molecule has 21 heavy (non-hydrogen) atoms. The van der Waals surface area contributed by atoms with Crippen LogP contribution in [0.4, 0.5) is 5.69 Å². The van der Waals surface area contributed by atoms with Gasteiger partial charge >= 0.3 is 0 Å². The number of hydrogen-bond donors (Lipinski definition) is 2. The lowest BCUT2D eigenvalue weighted by Gasteiger charge is -2.34. The van der Waals surface area contributed by atoms with Crippen LogP contribution in [0.1, 0.15) is 19.8 Å². The van der Waals surface area contributed by atoms with Crippen LogP contribution < -0.4 is 11.1 Å². The first-order chi connectivity index (χ1) is 9.97. The Bertz CT molecular complexity index is 508. The topological polar surface area (TPSA) is 58.4 Å². The van der Waals surface area contributed by atoms with Gasteiger partial charge in [-0.25, -0.2) is 0 Å². The van der Waals surface area contributed by atoms with Crippen molar-refractivity contribution in [3.05, 3.63) is 28.2 Å². The second-order valence-corrected chi connectivity index (χ2v) is 6.43. The second kappa shape index (κ2) is 7.45. The van der Waals surface area contributed by atoms with E-state index in [1.165, 1.54) is 0 Å². The molecule has 1 aliphatic rings. The average molecular weight is 330 g/mol. The Hall–Kier alpha value is -0.810. The predicted octanol–water partition coefficient (Wildman–Crippen LogP) is 2.99. The molecule has 1 amide bonds. The molecule has 0 bridgehead atoms. The zero-order chi connectivity index (χ0) is 15.4. The fraction of sp³-hybridized carbons (Fsp3) is 0.533. The summed E-state index contributed by atoms with van der Waals surface area (Å²) < 4.78 is 0. The molecule has 1 fully saturated rings. The van der Waals surface area contributed by atoms with Crippen LogP contribution in [0.2, 0.25) is 10.0 Å². The van der Waals surface area contributed by atoms with Gasteiger partial charge < -0.3 is 11.1 Å². The summed E-state index contributed by atoms with van der Waals surface area (Å²) in [5, 5.41) is 3.62. The lowest BCUT2D eigenvalue weighted by molar-refractivity contribution is -0.117. The maximum absolute atomic E-state index is 12.1. The van der Waals surface area contributed by atoms with Crippen molar-refractivity contribution in [2.75, 3.05) is 25.0 Å². The minimum absolute atomic E-state index is 0.0792. The van der Waals surface area contributed by atoms with E-state index in [0.29, 0.717) is 28.2 Å². The Morgan fingerprint density at radius 1 is 1.52 bits per heavy atom. The van der Waals surface area contributed by atoms with Crippen molar-refractivity contribution in [1.29, 1.82) is 0 Å². The molecule has 1 aromatic carbocycles. The van der Waals surface area contributed by atoms with Crippen molar-refractivity contribution < 1.29 is 4.79 Å². The van der Waals surface area contributed by atoms with Gasteiger partial charge in [0.1, 0.15) is 0 Å². The molecule has 2 unspecified atom stereocenters. The molecule has 1 heterocycles. The van der Waals surface area contributed by atoms with Crippen molar-refractivity contribution >= 4 is 34.8 Å². The normalized spacial score (nSPS) is 21.0. The van der Waals surface area contributed by atoms with Crippen LogP contribution in [0.3, 0.4) is 0 Å². The van der Waals surface area contributed by atoms with Gasteiger partial charge in [0.05, 0.1) is 22.3 Å². The van der Waals surface area contributed by atoms with Crippen LogP contribution in [-0.2, 0) is 4.79 Å². The fourth-order valence-corrected chi connectivity index (χ4v) is 3.01. The van der Waals surface area contributed by atoms with E-state index in [1.54, 1.807) is 18.2 Å². The highest BCUT2D eigenvalue weighted by Gasteiger charge is 2.24. The zero-order valence-electron chi connectivity index (χ0n) is 12.1. The van der Waals surface area contributed by atoms with E-state index in [2.05, 4.69) is 10.2 Å². The molecule has 0 radical (unpaired) electrons. The molecule has 1 aliphatic heterocycles. The quantitative estimate of drug-likeness (QED) is 0.892. The minimum atomic E-state index is -0.0792. The number of halogens is 2. The number of carbonyl (C=O) groups is 1.